The third-order valence-corrected chi connectivity index (χ3v) is 20.5. The molecule has 462 valence electrons. The van der Waals surface area contributed by atoms with E-state index in [1.807, 2.05) is 0 Å². The summed E-state index contributed by atoms with van der Waals surface area (Å²) in [5.74, 6) is -117. The number of fused-ring (bicyclic) bond motifs is 2. The van der Waals surface area contributed by atoms with E-state index in [4.69, 9.17) is 5.73 Å². The number of nitrogens with two attached hydrogens (primary N) is 1. The predicted molar refractivity (Wildman–Crippen MR) is 224 cm³/mol. The zero-order valence-electron chi connectivity index (χ0n) is 40.3. The molecule has 0 fully saturated rings. The van der Waals surface area contributed by atoms with E-state index in [0.29, 0.717) is 11.1 Å². The molecule has 4 rings (SSSR count). The van der Waals surface area contributed by atoms with E-state index in [1.54, 1.807) is 0 Å². The third kappa shape index (κ3) is 10.1. The van der Waals surface area contributed by atoms with Crippen LogP contribution in [0.3, 0.4) is 0 Å². The van der Waals surface area contributed by atoms with Gasteiger partial charge in [0.1, 0.15) is 0 Å². The number of alkyl halides is 34. The van der Waals surface area contributed by atoms with Crippen LogP contribution < -0.4 is 16.1 Å². The van der Waals surface area contributed by atoms with Gasteiger partial charge in [0, 0.05) is 12.3 Å². The molecule has 0 saturated carbocycles. The van der Waals surface area contributed by atoms with Gasteiger partial charge in [0.15, 0.2) is 0 Å². The lowest BCUT2D eigenvalue weighted by Crippen LogP contribution is -2.75. The Morgan fingerprint density at radius 3 is 1.25 bits per heavy atom. The van der Waals surface area contributed by atoms with Gasteiger partial charge in [-0.1, -0.05) is 103 Å². The summed E-state index contributed by atoms with van der Waals surface area (Å²) in [6.07, 6.45) is -15.6. The summed E-state index contributed by atoms with van der Waals surface area (Å²) in [7, 11) is -7.87. The second kappa shape index (κ2) is 19.9. The molecule has 1 nitrogen and oxygen atoms in total. The van der Waals surface area contributed by atoms with Crippen LogP contribution in [0, 0.1) is 0 Å². The maximum Gasteiger partial charge on any atom is 0.460 e. The number of hydrogen-bond acceptors (Lipinski definition) is 1. The van der Waals surface area contributed by atoms with Gasteiger partial charge in [0.05, 0.1) is 22.2 Å². The molecular weight excluding hydrogens is 1240 g/mol. The van der Waals surface area contributed by atoms with Gasteiger partial charge in [0.25, 0.3) is 0 Å². The second-order valence-corrected chi connectivity index (χ2v) is 29.7. The van der Waals surface area contributed by atoms with Gasteiger partial charge in [-0.15, -0.1) is 0 Å². The zero-order valence-corrected chi connectivity index (χ0v) is 42.3. The van der Waals surface area contributed by atoms with Gasteiger partial charge >= 0.3 is 95.3 Å². The Kier molecular flexibility index (Phi) is 17.0. The van der Waals surface area contributed by atoms with Crippen LogP contribution in [0.25, 0.3) is 16.8 Å². The van der Waals surface area contributed by atoms with Crippen molar-refractivity contribution in [1.29, 1.82) is 0 Å². The molecule has 3 aromatic rings. The van der Waals surface area contributed by atoms with Crippen molar-refractivity contribution in [1.82, 2.24) is 0 Å². The van der Waals surface area contributed by atoms with Crippen molar-refractivity contribution in [2.24, 2.45) is 5.73 Å². The van der Waals surface area contributed by atoms with Gasteiger partial charge in [-0.05, 0) is 46.0 Å². The number of benzene rings is 3. The molecule has 0 amide bonds. The first kappa shape index (κ1) is 69.2. The average Bonchev–Trinajstić information content (AvgIpc) is 3.30. The topological polar surface area (TPSA) is 26.0 Å². The fourth-order valence-corrected chi connectivity index (χ4v) is 13.4. The largest absolute Gasteiger partial charge is 0.460 e. The number of rotatable bonds is 21. The summed E-state index contributed by atoms with van der Waals surface area (Å²) in [5, 5.41) is 0.254. The van der Waals surface area contributed by atoms with E-state index in [-0.39, 0.29) is 33.1 Å². The molecule has 0 aliphatic heterocycles. The minimum atomic E-state index is -8.85. The van der Waals surface area contributed by atoms with Gasteiger partial charge < -0.3 is 5.73 Å². The van der Waals surface area contributed by atoms with Crippen LogP contribution in [0.15, 0.2) is 60.7 Å². The molecular formula is C44H35F34NSi2. The highest BCUT2D eigenvalue weighted by molar-refractivity contribution is 6.90. The molecule has 0 radical (unpaired) electrons. The first-order chi connectivity index (χ1) is 35.5. The molecule has 2 atom stereocenters. The van der Waals surface area contributed by atoms with E-state index in [9.17, 15) is 140 Å². The van der Waals surface area contributed by atoms with Crippen LogP contribution in [0.2, 0.25) is 38.3 Å². The van der Waals surface area contributed by atoms with Crippen LogP contribution in [0.1, 0.15) is 35.4 Å². The fourth-order valence-electron chi connectivity index (χ4n) is 8.42. The van der Waals surface area contributed by atoms with E-state index in [2.05, 4.69) is 0 Å². The Morgan fingerprint density at radius 2 is 0.815 bits per heavy atom. The highest BCUT2D eigenvalue weighted by atomic mass is 28.3. The Bertz CT molecular complexity index is 2820. The smallest absolute Gasteiger partial charge is 0.323 e. The highest BCUT2D eigenvalue weighted by Gasteiger charge is 2.97. The fraction of sp³-hybridized carbons (Fsp3) is 0.591. The third-order valence-electron chi connectivity index (χ3n) is 13.8. The molecule has 3 aromatic carbocycles. The van der Waals surface area contributed by atoms with Gasteiger partial charge in [-0.2, -0.15) is 149 Å². The Labute approximate surface area is 433 Å². The van der Waals surface area contributed by atoms with Crippen molar-refractivity contribution in [3.63, 3.8) is 0 Å². The zero-order chi connectivity index (χ0) is 63.8. The minimum absolute atomic E-state index is 0.0475. The molecule has 0 aromatic heterocycles. The van der Waals surface area contributed by atoms with E-state index in [1.165, 1.54) is 54.6 Å². The summed E-state index contributed by atoms with van der Waals surface area (Å²) >= 11 is 0. The molecule has 37 heteroatoms. The summed E-state index contributed by atoms with van der Waals surface area (Å²) in [6, 6.07) is 4.48. The van der Waals surface area contributed by atoms with Crippen molar-refractivity contribution in [2.45, 2.75) is 158 Å². The minimum Gasteiger partial charge on any atom is -0.323 e. The number of allylic oxidation sites excluding steroid dienone is 1. The molecule has 1 aliphatic carbocycles. The van der Waals surface area contributed by atoms with E-state index >= 15 is 8.78 Å². The molecule has 0 bridgehead atoms. The normalized spacial score (nSPS) is 17.7. The number of halogens is 34. The summed E-state index contributed by atoms with van der Waals surface area (Å²) in [5.41, 5.74) is 5.90. The molecule has 2 unspecified atom stereocenters. The first-order valence-corrected chi connectivity index (χ1v) is 28.4. The van der Waals surface area contributed by atoms with Crippen molar-refractivity contribution >= 4 is 43.4 Å². The van der Waals surface area contributed by atoms with Crippen molar-refractivity contribution in [3.8, 4) is 0 Å². The maximum atomic E-state index is 15.2. The van der Waals surface area contributed by atoms with Crippen LogP contribution in [0.4, 0.5) is 149 Å². The highest BCUT2D eigenvalue weighted by Crippen LogP contribution is 2.66. The Morgan fingerprint density at radius 1 is 0.432 bits per heavy atom. The summed E-state index contributed by atoms with van der Waals surface area (Å²) < 4.78 is 473. The lowest BCUT2D eigenvalue weighted by atomic mass is 9.80. The lowest BCUT2D eigenvalue weighted by Gasteiger charge is -2.44. The maximum absolute atomic E-state index is 15.2. The molecule has 0 heterocycles. The molecule has 0 saturated heterocycles. The predicted octanol–water partition coefficient (Wildman–Crippen LogP) is 17.0. The van der Waals surface area contributed by atoms with Crippen molar-refractivity contribution in [3.05, 3.63) is 77.4 Å². The Balaban J connectivity index is 1.63. The molecule has 1 aliphatic rings. The second-order valence-electron chi connectivity index (χ2n) is 20.1. The van der Waals surface area contributed by atoms with E-state index < -0.39 is 142 Å². The van der Waals surface area contributed by atoms with Gasteiger partial charge in [-0.25, -0.2) is 0 Å². The van der Waals surface area contributed by atoms with Crippen LogP contribution in [-0.4, -0.2) is 117 Å². The first-order valence-electron chi connectivity index (χ1n) is 22.0. The van der Waals surface area contributed by atoms with Crippen LogP contribution in [0.5, 0.6) is 0 Å². The standard InChI is InChI=1S/C44H35F34NSi2/c1-80(2,16-15-29(45,46)31(49,50)33(53,54)35(57,58)37(61,62)39(65,66)41(69,70)43(73,74)75)22-11-13-24-20(17-22)7-5-9-26(24)27-10-6-8-21-18-23(12-14-25(21)27)81(3,4)19-28(79)30(47,48)32(51,52)34(55,56)36(59,60)38(63,64)40(67,68)42(71,72)44(76,77)78/h5-9,11-14,17-18,27-28H,10,15-16,19,79H2,1-4H3. The van der Waals surface area contributed by atoms with Gasteiger partial charge in [-0.3, -0.25) is 0 Å². The van der Waals surface area contributed by atoms with Crippen LogP contribution >= 0.6 is 0 Å². The summed E-state index contributed by atoms with van der Waals surface area (Å²) in [6.45, 7) is 4.13. The van der Waals surface area contributed by atoms with E-state index in [0.717, 1.165) is 38.3 Å². The van der Waals surface area contributed by atoms with Gasteiger partial charge in [0.2, 0.25) is 0 Å². The lowest BCUT2D eigenvalue weighted by molar-refractivity contribution is -0.462. The monoisotopic (exact) mass is 1280 g/mol. The van der Waals surface area contributed by atoms with Crippen LogP contribution in [-0.2, 0) is 0 Å². The summed E-state index contributed by atoms with van der Waals surface area (Å²) in [4.78, 5) is 0. The number of hydrogen-bond donors (Lipinski definition) is 1. The Hall–Kier alpha value is -4.33. The average molecular weight is 1280 g/mol. The molecule has 0 spiro atoms. The van der Waals surface area contributed by atoms with Crippen molar-refractivity contribution < 1.29 is 149 Å². The molecule has 2 N–H and O–H groups in total. The molecule has 81 heavy (non-hydrogen) atoms. The SMILES string of the molecule is C[Si](C)(CCC(F)(F)C(F)(F)C(F)(F)C(F)(F)C(F)(F)C(F)(F)C(F)(F)C(F)(F)F)c1ccc2c(C3CC=Cc4cc([Si](C)(C)CC(N)C(F)(F)C(F)(F)C(F)(F)C(F)(F)C(F)(F)C(F)(F)C(F)(F)C(F)(F)F)ccc43)cccc2c1. The van der Waals surface area contributed by atoms with Crippen molar-refractivity contribution in [2.75, 3.05) is 0 Å². The quantitative estimate of drug-likeness (QED) is 0.0835.